The highest BCUT2D eigenvalue weighted by Gasteiger charge is 2.28. The predicted octanol–water partition coefficient (Wildman–Crippen LogP) is 4.51. The molecule has 1 unspecified atom stereocenters. The minimum absolute atomic E-state index is 0.0608. The summed E-state index contributed by atoms with van der Waals surface area (Å²) in [6.07, 6.45) is 1.81. The second-order valence-corrected chi connectivity index (χ2v) is 10.5. The number of ether oxygens (including phenoxy) is 3. The van der Waals surface area contributed by atoms with Crippen LogP contribution in [0.3, 0.4) is 0 Å². The van der Waals surface area contributed by atoms with Crippen LogP contribution in [0.25, 0.3) is 22.0 Å². The molecule has 39 heavy (non-hydrogen) atoms. The van der Waals surface area contributed by atoms with Crippen LogP contribution >= 0.6 is 23.2 Å². The minimum atomic E-state index is -0.204. The van der Waals surface area contributed by atoms with Gasteiger partial charge in [-0.1, -0.05) is 23.2 Å². The number of pyridine rings is 2. The van der Waals surface area contributed by atoms with Crippen LogP contribution in [0.1, 0.15) is 25.5 Å². The van der Waals surface area contributed by atoms with Gasteiger partial charge in [0.1, 0.15) is 11.5 Å². The number of benzene rings is 1. The molecule has 0 aliphatic carbocycles. The third-order valence-corrected chi connectivity index (χ3v) is 8.24. The van der Waals surface area contributed by atoms with Gasteiger partial charge in [0.05, 0.1) is 60.2 Å². The fourth-order valence-electron chi connectivity index (χ4n) is 5.30. The standard InChI is InChI=1S/C28H33Cl2N5O4/c1-5-35-22-13-21(20-16-34(32-17(20)2)7-6-33-8-10-39-11-9-33)31-15-18(22)12-19(28(35)36)25-26(29)23(37-3)14-24(38-4)27(25)30/h12-15,20H,5-11,16H2,1-4H3. The maximum absolute atomic E-state index is 13.8. The molecule has 9 nitrogen and oxygen atoms in total. The fraction of sp³-hybridized carbons (Fsp3) is 0.464. The van der Waals surface area contributed by atoms with Gasteiger partial charge in [0, 0.05) is 68.2 Å². The highest BCUT2D eigenvalue weighted by atomic mass is 35.5. The lowest BCUT2D eigenvalue weighted by molar-refractivity contribution is 0.0339. The molecule has 4 heterocycles. The first-order chi connectivity index (χ1) is 18.9. The molecule has 1 fully saturated rings. The average molecular weight is 575 g/mol. The number of fused-ring (bicyclic) bond motifs is 1. The van der Waals surface area contributed by atoms with Gasteiger partial charge in [-0.05, 0) is 26.0 Å². The van der Waals surface area contributed by atoms with E-state index in [1.807, 2.05) is 26.1 Å². The Labute approximate surface area is 237 Å². The number of halogens is 2. The Morgan fingerprint density at radius 1 is 1.05 bits per heavy atom. The van der Waals surface area contributed by atoms with Crippen molar-refractivity contribution in [2.75, 3.05) is 60.2 Å². The van der Waals surface area contributed by atoms with Crippen molar-refractivity contribution in [1.29, 1.82) is 0 Å². The van der Waals surface area contributed by atoms with E-state index < -0.39 is 0 Å². The number of hydrazone groups is 1. The van der Waals surface area contributed by atoms with Crippen molar-refractivity contribution in [3.63, 3.8) is 0 Å². The summed E-state index contributed by atoms with van der Waals surface area (Å²) < 4.78 is 18.0. The molecule has 0 N–H and O–H groups in total. The third-order valence-electron chi connectivity index (χ3n) is 7.49. The highest BCUT2D eigenvalue weighted by Crippen LogP contribution is 2.45. The summed E-state index contributed by atoms with van der Waals surface area (Å²) in [6.45, 7) is 10.5. The molecule has 3 aromatic rings. The van der Waals surface area contributed by atoms with Crippen LogP contribution in [0, 0.1) is 0 Å². The van der Waals surface area contributed by atoms with E-state index in [0.717, 1.165) is 68.2 Å². The van der Waals surface area contributed by atoms with Gasteiger partial charge in [-0.3, -0.25) is 19.7 Å². The Bertz CT molecular complexity index is 1440. The second-order valence-electron chi connectivity index (χ2n) is 9.72. The predicted molar refractivity (Wildman–Crippen MR) is 155 cm³/mol. The van der Waals surface area contributed by atoms with E-state index in [1.165, 1.54) is 14.2 Å². The molecule has 11 heteroatoms. The molecular weight excluding hydrogens is 541 g/mol. The topological polar surface area (TPSA) is 81.4 Å². The summed E-state index contributed by atoms with van der Waals surface area (Å²) in [5.74, 6) is 0.807. The van der Waals surface area contributed by atoms with Crippen molar-refractivity contribution in [3.05, 3.63) is 50.5 Å². The number of hydrogen-bond donors (Lipinski definition) is 0. The van der Waals surface area contributed by atoms with Gasteiger partial charge in [0.25, 0.3) is 5.56 Å². The quantitative estimate of drug-likeness (QED) is 0.392. The zero-order valence-corrected chi connectivity index (χ0v) is 24.2. The van der Waals surface area contributed by atoms with Crippen LogP contribution < -0.4 is 15.0 Å². The van der Waals surface area contributed by atoms with Crippen LogP contribution in [0.5, 0.6) is 11.5 Å². The first-order valence-electron chi connectivity index (χ1n) is 13.1. The van der Waals surface area contributed by atoms with E-state index in [4.69, 9.17) is 47.5 Å². The summed E-state index contributed by atoms with van der Waals surface area (Å²) in [4.78, 5) is 21.0. The monoisotopic (exact) mass is 573 g/mol. The van der Waals surface area contributed by atoms with Crippen molar-refractivity contribution < 1.29 is 14.2 Å². The van der Waals surface area contributed by atoms with Gasteiger partial charge < -0.3 is 18.8 Å². The second kappa shape index (κ2) is 11.7. The lowest BCUT2D eigenvalue weighted by Crippen LogP contribution is -2.40. The van der Waals surface area contributed by atoms with Gasteiger partial charge in [-0.25, -0.2) is 0 Å². The van der Waals surface area contributed by atoms with Crippen LogP contribution in [0.15, 0.2) is 34.3 Å². The molecule has 2 aliphatic rings. The smallest absolute Gasteiger partial charge is 0.259 e. The molecule has 1 atom stereocenters. The van der Waals surface area contributed by atoms with E-state index in [0.29, 0.717) is 29.2 Å². The van der Waals surface area contributed by atoms with Crippen molar-refractivity contribution in [3.8, 4) is 22.6 Å². The number of aryl methyl sites for hydroxylation is 1. The lowest BCUT2D eigenvalue weighted by atomic mass is 9.99. The molecule has 208 valence electrons. The maximum atomic E-state index is 13.8. The van der Waals surface area contributed by atoms with Crippen molar-refractivity contribution in [2.24, 2.45) is 5.10 Å². The lowest BCUT2D eigenvalue weighted by Gasteiger charge is -2.28. The van der Waals surface area contributed by atoms with Gasteiger partial charge in [0.2, 0.25) is 0 Å². The zero-order chi connectivity index (χ0) is 27.7. The van der Waals surface area contributed by atoms with Crippen molar-refractivity contribution in [2.45, 2.75) is 26.3 Å². The normalized spacial score (nSPS) is 18.1. The number of rotatable bonds is 8. The Morgan fingerprint density at radius 2 is 1.74 bits per heavy atom. The van der Waals surface area contributed by atoms with Crippen LogP contribution in [-0.2, 0) is 11.3 Å². The number of methoxy groups -OCH3 is 2. The molecule has 0 amide bonds. The summed E-state index contributed by atoms with van der Waals surface area (Å²) in [7, 11) is 3.01. The summed E-state index contributed by atoms with van der Waals surface area (Å²) in [5.41, 5.74) is 3.25. The SMILES string of the molecule is CCn1c(=O)c(-c2c(Cl)c(OC)cc(OC)c2Cl)cc2cnc(C3CN(CCN4CCOCC4)N=C3C)cc21. The van der Waals surface area contributed by atoms with Gasteiger partial charge >= 0.3 is 0 Å². The molecule has 2 aromatic heterocycles. The molecule has 0 spiro atoms. The molecule has 2 aliphatic heterocycles. The van der Waals surface area contributed by atoms with Crippen molar-refractivity contribution >= 4 is 39.8 Å². The molecule has 0 saturated carbocycles. The molecule has 0 radical (unpaired) electrons. The summed E-state index contributed by atoms with van der Waals surface area (Å²) >= 11 is 13.3. The van der Waals surface area contributed by atoms with Crippen LogP contribution in [0.4, 0.5) is 0 Å². The van der Waals surface area contributed by atoms with Gasteiger partial charge in [-0.15, -0.1) is 0 Å². The first kappa shape index (κ1) is 27.7. The van der Waals surface area contributed by atoms with Crippen LogP contribution in [-0.4, -0.2) is 85.3 Å². The summed E-state index contributed by atoms with van der Waals surface area (Å²) in [5, 5.41) is 8.24. The van der Waals surface area contributed by atoms with Crippen molar-refractivity contribution in [1.82, 2.24) is 19.5 Å². The van der Waals surface area contributed by atoms with E-state index in [-0.39, 0.29) is 21.5 Å². The largest absolute Gasteiger partial charge is 0.495 e. The van der Waals surface area contributed by atoms with E-state index in [1.54, 1.807) is 16.7 Å². The number of morpholine rings is 1. The fourth-order valence-corrected chi connectivity index (χ4v) is 6.00. The van der Waals surface area contributed by atoms with Gasteiger partial charge in [-0.2, -0.15) is 5.10 Å². The van der Waals surface area contributed by atoms with Gasteiger partial charge in [0.15, 0.2) is 0 Å². The maximum Gasteiger partial charge on any atom is 0.259 e. The molecule has 0 bridgehead atoms. The molecule has 5 rings (SSSR count). The molecule has 1 saturated heterocycles. The summed E-state index contributed by atoms with van der Waals surface area (Å²) in [6, 6.07) is 5.41. The third kappa shape index (κ3) is 5.33. The number of aromatic nitrogens is 2. The highest BCUT2D eigenvalue weighted by molar-refractivity contribution is 6.41. The van der Waals surface area contributed by atoms with E-state index in [2.05, 4.69) is 9.91 Å². The molecule has 1 aromatic carbocycles. The Balaban J connectivity index is 1.48. The van der Waals surface area contributed by atoms with E-state index >= 15 is 0 Å². The minimum Gasteiger partial charge on any atom is -0.495 e. The zero-order valence-electron chi connectivity index (χ0n) is 22.7. The first-order valence-corrected chi connectivity index (χ1v) is 13.9. The number of hydrogen-bond acceptors (Lipinski definition) is 8. The Morgan fingerprint density at radius 3 is 2.38 bits per heavy atom. The molecular formula is C28H33Cl2N5O4. The van der Waals surface area contributed by atoms with Crippen LogP contribution in [0.2, 0.25) is 10.0 Å². The van der Waals surface area contributed by atoms with E-state index in [9.17, 15) is 4.79 Å². The number of nitrogens with zero attached hydrogens (tertiary/aromatic N) is 5. The average Bonchev–Trinajstić information content (AvgIpc) is 3.33. The Hall–Kier alpha value is -2.85. The Kier molecular flexibility index (Phi) is 8.32.